The van der Waals surface area contributed by atoms with E-state index in [1.54, 1.807) is 41.8 Å². The second-order valence-electron chi connectivity index (χ2n) is 6.69. The molecule has 7 nitrogen and oxygen atoms in total. The molecule has 156 valence electrons. The maximum absolute atomic E-state index is 12.5. The third kappa shape index (κ3) is 5.36. The average Bonchev–Trinajstić information content (AvgIpc) is 3.23. The lowest BCUT2D eigenvalue weighted by atomic mass is 9.98. The topological polar surface area (TPSA) is 92.8 Å². The summed E-state index contributed by atoms with van der Waals surface area (Å²) in [6, 6.07) is 9.93. The zero-order valence-corrected chi connectivity index (χ0v) is 18.1. The van der Waals surface area contributed by atoms with Crippen LogP contribution in [0.3, 0.4) is 0 Å². The van der Waals surface area contributed by atoms with Gasteiger partial charge in [-0.05, 0) is 49.4 Å². The summed E-state index contributed by atoms with van der Waals surface area (Å²) in [7, 11) is -3.52. The zero-order valence-electron chi connectivity index (χ0n) is 15.7. The van der Waals surface area contributed by atoms with Crippen LogP contribution < -0.4 is 5.32 Å². The fraction of sp³-hybridized carbons (Fsp3) is 0.368. The van der Waals surface area contributed by atoms with Crippen molar-refractivity contribution in [1.82, 2.24) is 4.31 Å². The number of carbonyl (C=O) groups excluding carboxylic acids is 2. The van der Waals surface area contributed by atoms with Gasteiger partial charge in [0, 0.05) is 23.8 Å². The minimum atomic E-state index is -3.52. The first-order chi connectivity index (χ1) is 13.8. The van der Waals surface area contributed by atoms with Crippen LogP contribution in [-0.4, -0.2) is 43.8 Å². The van der Waals surface area contributed by atoms with Crippen molar-refractivity contribution in [1.29, 1.82) is 0 Å². The van der Waals surface area contributed by atoms with Crippen molar-refractivity contribution < 1.29 is 22.7 Å². The van der Waals surface area contributed by atoms with Crippen molar-refractivity contribution in [2.24, 2.45) is 5.92 Å². The van der Waals surface area contributed by atoms with Gasteiger partial charge in [-0.3, -0.25) is 9.59 Å². The van der Waals surface area contributed by atoms with Crippen LogP contribution >= 0.6 is 22.9 Å². The number of hydrogen-bond donors (Lipinski definition) is 1. The fourth-order valence-electron chi connectivity index (χ4n) is 3.00. The van der Waals surface area contributed by atoms with Crippen LogP contribution in [0.15, 0.2) is 46.0 Å². The minimum absolute atomic E-state index is 0.239. The summed E-state index contributed by atoms with van der Waals surface area (Å²) in [5.41, 5.74) is 0.512. The molecule has 1 N–H and O–H groups in total. The number of sulfonamides is 1. The third-order valence-electron chi connectivity index (χ3n) is 4.63. The lowest BCUT2D eigenvalue weighted by molar-refractivity contribution is -0.158. The van der Waals surface area contributed by atoms with Gasteiger partial charge in [-0.15, -0.1) is 11.3 Å². The number of nitrogens with zero attached hydrogens (tertiary/aromatic N) is 1. The highest BCUT2D eigenvalue weighted by Gasteiger charge is 2.34. The Kier molecular flexibility index (Phi) is 6.94. The highest BCUT2D eigenvalue weighted by atomic mass is 35.5. The molecule has 0 aliphatic carbocycles. The first-order valence-electron chi connectivity index (χ1n) is 9.08. The summed E-state index contributed by atoms with van der Waals surface area (Å²) in [6.07, 6.45) is -0.271. The molecule has 10 heteroatoms. The Morgan fingerprint density at radius 3 is 2.59 bits per heavy atom. The molecule has 1 aromatic heterocycles. The lowest BCUT2D eigenvalue weighted by Gasteiger charge is -2.30. The Morgan fingerprint density at radius 2 is 1.97 bits per heavy atom. The Bertz CT molecular complexity index is 970. The first kappa shape index (κ1) is 21.8. The van der Waals surface area contributed by atoms with Gasteiger partial charge in [-0.1, -0.05) is 23.7 Å². The number of thiophene rings is 1. The van der Waals surface area contributed by atoms with Crippen LogP contribution in [0, 0.1) is 5.92 Å². The second kappa shape index (κ2) is 9.25. The van der Waals surface area contributed by atoms with Gasteiger partial charge in [0.05, 0.1) is 5.92 Å². The van der Waals surface area contributed by atoms with E-state index in [4.69, 9.17) is 16.3 Å². The first-order valence-corrected chi connectivity index (χ1v) is 11.8. The molecular weight excluding hydrogens is 436 g/mol. The van der Waals surface area contributed by atoms with Gasteiger partial charge in [0.25, 0.3) is 15.9 Å². The summed E-state index contributed by atoms with van der Waals surface area (Å²) in [5.74, 6) is -1.39. The second-order valence-corrected chi connectivity index (χ2v) is 10.2. The predicted octanol–water partition coefficient (Wildman–Crippen LogP) is 3.37. The fourth-order valence-corrected chi connectivity index (χ4v) is 5.81. The van der Waals surface area contributed by atoms with E-state index < -0.39 is 33.9 Å². The molecule has 1 amide bonds. The molecule has 0 radical (unpaired) electrons. The number of hydrogen-bond acceptors (Lipinski definition) is 6. The SMILES string of the molecule is C[C@H](OC(=O)C1CCN(S(=O)(=O)c2cccs2)CC1)C(=O)Nc1cccc(Cl)c1. The maximum atomic E-state index is 12.5. The number of halogens is 1. The molecule has 0 saturated carbocycles. The molecule has 2 heterocycles. The summed E-state index contributed by atoms with van der Waals surface area (Å²) in [6.45, 7) is 1.97. The summed E-state index contributed by atoms with van der Waals surface area (Å²) in [5, 5.41) is 4.84. The number of benzene rings is 1. The number of nitrogens with one attached hydrogen (secondary N) is 1. The normalized spacial score (nSPS) is 16.9. The van der Waals surface area contributed by atoms with Crippen molar-refractivity contribution in [3.05, 3.63) is 46.8 Å². The maximum Gasteiger partial charge on any atom is 0.309 e. The average molecular weight is 457 g/mol. The molecule has 1 aliphatic heterocycles. The molecule has 3 rings (SSSR count). The Morgan fingerprint density at radius 1 is 1.24 bits per heavy atom. The standard InChI is InChI=1S/C19H21ClN2O5S2/c1-13(18(23)21-16-5-2-4-15(20)12-16)27-19(24)14-7-9-22(10-8-14)29(25,26)17-6-3-11-28-17/h2-6,11-14H,7-10H2,1H3,(H,21,23)/t13-/m0/s1. The smallest absolute Gasteiger partial charge is 0.309 e. The van der Waals surface area contributed by atoms with Gasteiger partial charge < -0.3 is 10.1 Å². The van der Waals surface area contributed by atoms with Crippen molar-refractivity contribution >= 4 is 50.5 Å². The van der Waals surface area contributed by atoms with E-state index in [0.29, 0.717) is 27.8 Å². The Labute approximate surface area is 178 Å². The molecule has 1 aliphatic rings. The van der Waals surface area contributed by atoms with Gasteiger partial charge in [0.1, 0.15) is 4.21 Å². The van der Waals surface area contributed by atoms with E-state index in [2.05, 4.69) is 5.32 Å². The number of piperidine rings is 1. The highest BCUT2D eigenvalue weighted by Crippen LogP contribution is 2.27. The molecule has 0 spiro atoms. The molecular formula is C19H21ClN2O5S2. The van der Waals surface area contributed by atoms with Gasteiger partial charge in [0.2, 0.25) is 0 Å². The summed E-state index contributed by atoms with van der Waals surface area (Å²) in [4.78, 5) is 24.7. The molecule has 29 heavy (non-hydrogen) atoms. The lowest BCUT2D eigenvalue weighted by Crippen LogP contribution is -2.41. The molecule has 2 aromatic rings. The number of ether oxygens (including phenoxy) is 1. The Balaban J connectivity index is 1.51. The zero-order chi connectivity index (χ0) is 21.0. The van der Waals surface area contributed by atoms with E-state index in [0.717, 1.165) is 0 Å². The highest BCUT2D eigenvalue weighted by molar-refractivity contribution is 7.91. The van der Waals surface area contributed by atoms with Gasteiger partial charge in [0.15, 0.2) is 6.10 Å². The molecule has 1 saturated heterocycles. The van der Waals surface area contributed by atoms with Crippen LogP contribution in [0.1, 0.15) is 19.8 Å². The minimum Gasteiger partial charge on any atom is -0.452 e. The number of carbonyl (C=O) groups is 2. The van der Waals surface area contributed by atoms with E-state index in [1.807, 2.05) is 0 Å². The van der Waals surface area contributed by atoms with Crippen LogP contribution in [0.4, 0.5) is 5.69 Å². The van der Waals surface area contributed by atoms with Crippen molar-refractivity contribution in [3.8, 4) is 0 Å². The largest absolute Gasteiger partial charge is 0.452 e. The predicted molar refractivity (Wildman–Crippen MR) is 111 cm³/mol. The number of anilines is 1. The molecule has 0 unspecified atom stereocenters. The van der Waals surface area contributed by atoms with Crippen LogP contribution in [-0.2, 0) is 24.3 Å². The molecule has 1 fully saturated rings. The summed E-state index contributed by atoms with van der Waals surface area (Å²) >= 11 is 7.06. The van der Waals surface area contributed by atoms with Crippen molar-refractivity contribution in [3.63, 3.8) is 0 Å². The number of amides is 1. The van der Waals surface area contributed by atoms with Crippen LogP contribution in [0.25, 0.3) is 0 Å². The van der Waals surface area contributed by atoms with Crippen molar-refractivity contribution in [2.75, 3.05) is 18.4 Å². The monoisotopic (exact) mass is 456 g/mol. The van der Waals surface area contributed by atoms with Crippen LogP contribution in [0.2, 0.25) is 5.02 Å². The van der Waals surface area contributed by atoms with E-state index in [9.17, 15) is 18.0 Å². The van der Waals surface area contributed by atoms with E-state index in [1.165, 1.54) is 22.6 Å². The van der Waals surface area contributed by atoms with Crippen LogP contribution in [0.5, 0.6) is 0 Å². The number of rotatable bonds is 6. The third-order valence-corrected chi connectivity index (χ3v) is 8.14. The molecule has 1 atom stereocenters. The quantitative estimate of drug-likeness (QED) is 0.672. The van der Waals surface area contributed by atoms with Gasteiger partial charge >= 0.3 is 5.97 Å². The summed E-state index contributed by atoms with van der Waals surface area (Å²) < 4.78 is 32.1. The molecule has 0 bridgehead atoms. The van der Waals surface area contributed by atoms with Gasteiger partial charge in [-0.2, -0.15) is 4.31 Å². The number of esters is 1. The van der Waals surface area contributed by atoms with Gasteiger partial charge in [-0.25, -0.2) is 8.42 Å². The molecule has 1 aromatic carbocycles. The van der Waals surface area contributed by atoms with Crippen molar-refractivity contribution in [2.45, 2.75) is 30.1 Å². The Hall–Kier alpha value is -1.94. The van der Waals surface area contributed by atoms with E-state index in [-0.39, 0.29) is 13.1 Å². The van der Waals surface area contributed by atoms with E-state index >= 15 is 0 Å².